The fourth-order valence-electron chi connectivity index (χ4n) is 1.70. The molecule has 1 fully saturated rings. The summed E-state index contributed by atoms with van der Waals surface area (Å²) in [4.78, 5) is 11.6. The molecule has 2 atom stereocenters. The maximum atomic E-state index is 11.6. The van der Waals surface area contributed by atoms with Crippen LogP contribution in [0.3, 0.4) is 0 Å². The molecule has 1 heterocycles. The predicted octanol–water partition coefficient (Wildman–Crippen LogP) is 2.12. The van der Waals surface area contributed by atoms with Crippen LogP contribution in [-0.4, -0.2) is 51.7 Å². The summed E-state index contributed by atoms with van der Waals surface area (Å²) in [7, 11) is 0. The van der Waals surface area contributed by atoms with E-state index >= 15 is 0 Å². The van der Waals surface area contributed by atoms with Crippen molar-refractivity contribution in [2.45, 2.75) is 26.4 Å². The predicted molar refractivity (Wildman–Crippen MR) is 80.1 cm³/mol. The first-order chi connectivity index (χ1) is 10.0. The smallest absolute Gasteiger partial charge is 0.333 e. The molecular weight excluding hydrogens is 272 g/mol. The van der Waals surface area contributed by atoms with Crippen molar-refractivity contribution in [1.82, 2.24) is 0 Å². The van der Waals surface area contributed by atoms with Gasteiger partial charge in [0, 0.05) is 5.57 Å². The van der Waals surface area contributed by atoms with Crippen LogP contribution < -0.4 is 0 Å². The van der Waals surface area contributed by atoms with Crippen LogP contribution in [0.1, 0.15) is 20.3 Å². The Hall–Kier alpha value is -1.17. The van der Waals surface area contributed by atoms with Gasteiger partial charge in [0.1, 0.15) is 12.7 Å². The maximum Gasteiger partial charge on any atom is 0.333 e. The molecule has 5 heteroatoms. The van der Waals surface area contributed by atoms with E-state index in [2.05, 4.69) is 13.2 Å². The molecule has 0 aromatic heterocycles. The molecule has 120 valence electrons. The Balaban J connectivity index is 2.51. The summed E-state index contributed by atoms with van der Waals surface area (Å²) in [6, 6.07) is 0. The third kappa shape index (κ3) is 6.89. The van der Waals surface area contributed by atoms with E-state index in [0.717, 1.165) is 13.0 Å². The number of ether oxygens (including phenoxy) is 4. The van der Waals surface area contributed by atoms with E-state index in [0.29, 0.717) is 32.0 Å². The lowest BCUT2D eigenvalue weighted by Crippen LogP contribution is -2.38. The van der Waals surface area contributed by atoms with E-state index in [1.807, 2.05) is 6.92 Å². The number of rotatable bonds is 12. The van der Waals surface area contributed by atoms with E-state index < -0.39 is 0 Å². The standard InChI is InChI=1S/C16H26O5/c1-5-7-18-10-16(6-2,11-19-8-14-9-20-14)12-21-15(17)13(3)4/h5,14H,1,3,6-12H2,2,4H3. The number of epoxide rings is 1. The third-order valence-corrected chi connectivity index (χ3v) is 3.37. The van der Waals surface area contributed by atoms with Crippen molar-refractivity contribution in [2.24, 2.45) is 5.41 Å². The Morgan fingerprint density at radius 3 is 2.57 bits per heavy atom. The molecule has 0 radical (unpaired) electrons. The Kier molecular flexibility index (Phi) is 7.64. The average Bonchev–Trinajstić information content (AvgIpc) is 3.28. The lowest BCUT2D eigenvalue weighted by atomic mass is 9.88. The van der Waals surface area contributed by atoms with Crippen molar-refractivity contribution in [3.63, 3.8) is 0 Å². The van der Waals surface area contributed by atoms with Gasteiger partial charge in [0.05, 0.1) is 38.4 Å². The molecule has 0 spiro atoms. The van der Waals surface area contributed by atoms with Gasteiger partial charge in [0.25, 0.3) is 0 Å². The molecule has 2 unspecified atom stereocenters. The monoisotopic (exact) mass is 298 g/mol. The molecule has 0 bridgehead atoms. The second-order valence-corrected chi connectivity index (χ2v) is 5.48. The van der Waals surface area contributed by atoms with Crippen LogP contribution in [0.5, 0.6) is 0 Å². The van der Waals surface area contributed by atoms with Crippen LogP contribution in [0.2, 0.25) is 0 Å². The number of carbonyl (C=O) groups excluding carboxylic acids is 1. The first kappa shape index (κ1) is 17.9. The van der Waals surface area contributed by atoms with Crippen LogP contribution in [0.4, 0.5) is 0 Å². The van der Waals surface area contributed by atoms with Gasteiger partial charge in [-0.15, -0.1) is 6.58 Å². The molecule has 1 saturated heterocycles. The fourth-order valence-corrected chi connectivity index (χ4v) is 1.70. The minimum atomic E-state index is -0.387. The highest BCUT2D eigenvalue weighted by molar-refractivity contribution is 5.86. The van der Waals surface area contributed by atoms with Gasteiger partial charge in [-0.25, -0.2) is 4.79 Å². The highest BCUT2D eigenvalue weighted by Crippen LogP contribution is 2.25. The molecule has 1 rings (SSSR count). The van der Waals surface area contributed by atoms with Crippen molar-refractivity contribution in [3.05, 3.63) is 24.8 Å². The molecular formula is C16H26O5. The topological polar surface area (TPSA) is 57.3 Å². The number of carbonyl (C=O) groups is 1. The van der Waals surface area contributed by atoms with Crippen molar-refractivity contribution in [3.8, 4) is 0 Å². The Morgan fingerprint density at radius 1 is 1.38 bits per heavy atom. The van der Waals surface area contributed by atoms with Crippen LogP contribution in [0.25, 0.3) is 0 Å². The lowest BCUT2D eigenvalue weighted by Gasteiger charge is -2.31. The summed E-state index contributed by atoms with van der Waals surface area (Å²) < 4.78 is 21.7. The van der Waals surface area contributed by atoms with E-state index in [1.54, 1.807) is 13.0 Å². The van der Waals surface area contributed by atoms with Crippen molar-refractivity contribution >= 4 is 5.97 Å². The SMILES string of the molecule is C=CCOCC(CC)(COCC1CO1)COC(=O)C(=C)C. The maximum absolute atomic E-state index is 11.6. The molecule has 5 nitrogen and oxygen atoms in total. The van der Waals surface area contributed by atoms with Crippen LogP contribution in [0.15, 0.2) is 24.8 Å². The summed E-state index contributed by atoms with van der Waals surface area (Å²) in [5.41, 5.74) is 0.0301. The van der Waals surface area contributed by atoms with Crippen LogP contribution >= 0.6 is 0 Å². The summed E-state index contributed by atoms with van der Waals surface area (Å²) in [5.74, 6) is -0.387. The zero-order chi connectivity index (χ0) is 15.7. The summed E-state index contributed by atoms with van der Waals surface area (Å²) in [5, 5.41) is 0. The second kappa shape index (κ2) is 8.97. The number of hydrogen-bond donors (Lipinski definition) is 0. The van der Waals surface area contributed by atoms with E-state index in [9.17, 15) is 4.79 Å². The van der Waals surface area contributed by atoms with Gasteiger partial charge in [0.2, 0.25) is 0 Å². The minimum Gasteiger partial charge on any atom is -0.462 e. The Morgan fingerprint density at radius 2 is 2.05 bits per heavy atom. The molecule has 0 saturated carbocycles. The van der Waals surface area contributed by atoms with Crippen LogP contribution in [-0.2, 0) is 23.7 Å². The average molecular weight is 298 g/mol. The molecule has 21 heavy (non-hydrogen) atoms. The van der Waals surface area contributed by atoms with E-state index in [-0.39, 0.29) is 24.1 Å². The van der Waals surface area contributed by atoms with Gasteiger partial charge < -0.3 is 18.9 Å². The van der Waals surface area contributed by atoms with Crippen molar-refractivity contribution < 1.29 is 23.7 Å². The molecule has 0 N–H and O–H groups in total. The quantitative estimate of drug-likeness (QED) is 0.182. The van der Waals surface area contributed by atoms with Gasteiger partial charge in [-0.2, -0.15) is 0 Å². The number of hydrogen-bond acceptors (Lipinski definition) is 5. The molecule has 0 amide bonds. The van der Waals surface area contributed by atoms with Crippen molar-refractivity contribution in [2.75, 3.05) is 39.6 Å². The van der Waals surface area contributed by atoms with E-state index in [4.69, 9.17) is 18.9 Å². The first-order valence-corrected chi connectivity index (χ1v) is 7.23. The molecule has 1 aliphatic heterocycles. The Labute approximate surface area is 126 Å². The molecule has 0 aliphatic carbocycles. The third-order valence-electron chi connectivity index (χ3n) is 3.37. The fraction of sp³-hybridized carbons (Fsp3) is 0.688. The molecule has 1 aliphatic rings. The molecule has 0 aromatic rings. The lowest BCUT2D eigenvalue weighted by molar-refractivity contribution is -0.147. The van der Waals surface area contributed by atoms with Gasteiger partial charge >= 0.3 is 5.97 Å². The number of esters is 1. The molecule has 0 aromatic carbocycles. The summed E-state index contributed by atoms with van der Waals surface area (Å²) in [6.07, 6.45) is 2.69. The van der Waals surface area contributed by atoms with Gasteiger partial charge in [-0.05, 0) is 13.3 Å². The minimum absolute atomic E-state index is 0.214. The van der Waals surface area contributed by atoms with Gasteiger partial charge in [-0.3, -0.25) is 0 Å². The highest BCUT2D eigenvalue weighted by atomic mass is 16.6. The zero-order valence-electron chi connectivity index (χ0n) is 13.1. The van der Waals surface area contributed by atoms with Crippen molar-refractivity contribution in [1.29, 1.82) is 0 Å². The Bertz CT molecular complexity index is 362. The largest absolute Gasteiger partial charge is 0.462 e. The van der Waals surface area contributed by atoms with Gasteiger partial charge in [0.15, 0.2) is 0 Å². The van der Waals surface area contributed by atoms with Crippen LogP contribution in [0, 0.1) is 5.41 Å². The first-order valence-electron chi connectivity index (χ1n) is 7.23. The summed E-state index contributed by atoms with van der Waals surface area (Å²) in [6.45, 7) is 13.8. The van der Waals surface area contributed by atoms with Gasteiger partial charge in [-0.1, -0.05) is 19.6 Å². The highest BCUT2D eigenvalue weighted by Gasteiger charge is 2.32. The second-order valence-electron chi connectivity index (χ2n) is 5.48. The van der Waals surface area contributed by atoms with E-state index in [1.165, 1.54) is 0 Å². The summed E-state index contributed by atoms with van der Waals surface area (Å²) >= 11 is 0. The normalized spacial score (nSPS) is 19.6. The zero-order valence-corrected chi connectivity index (χ0v) is 13.1.